The highest BCUT2D eigenvalue weighted by molar-refractivity contribution is 14.1. The van der Waals surface area contributed by atoms with Crippen LogP contribution in [-0.4, -0.2) is 22.9 Å². The minimum atomic E-state index is -2.44. The summed E-state index contributed by atoms with van der Waals surface area (Å²) in [5.74, 6) is 1.03. The van der Waals surface area contributed by atoms with Gasteiger partial charge >= 0.3 is 6.43 Å². The van der Waals surface area contributed by atoms with Crippen LogP contribution in [0.4, 0.5) is 8.78 Å². The minimum Gasteiger partial charge on any atom is -0.436 e. The lowest BCUT2D eigenvalue weighted by Crippen LogP contribution is -2.84. The molecule has 0 atom stereocenters. The predicted molar refractivity (Wildman–Crippen MR) is 64.3 cm³/mol. The Bertz CT molecular complexity index is 476. The van der Waals surface area contributed by atoms with E-state index in [0.29, 0.717) is 18.2 Å². The molecule has 2 rings (SSSR count). The fraction of sp³-hybridized carbons (Fsp3) is 0.200. The van der Waals surface area contributed by atoms with Crippen LogP contribution in [0.25, 0.3) is 0 Å². The normalized spacial score (nSPS) is 15.5. The van der Waals surface area contributed by atoms with Gasteiger partial charge < -0.3 is 10.1 Å². The number of rotatable bonds is 3. The summed E-state index contributed by atoms with van der Waals surface area (Å²) in [5, 5.41) is 1.45. The highest BCUT2D eigenvalue weighted by Crippen LogP contribution is 2.18. The Balaban J connectivity index is 2.09. The third-order valence-electron chi connectivity index (χ3n) is 2.11. The molecule has 2 heterocycles. The van der Waals surface area contributed by atoms with E-state index in [-0.39, 0.29) is 5.70 Å². The van der Waals surface area contributed by atoms with E-state index in [1.54, 1.807) is 12.3 Å². The van der Waals surface area contributed by atoms with Gasteiger partial charge in [0.1, 0.15) is 12.9 Å². The van der Waals surface area contributed by atoms with Crippen molar-refractivity contribution in [2.45, 2.75) is 6.43 Å². The molecule has 4 nitrogen and oxygen atoms in total. The Morgan fingerprint density at radius 2 is 2.24 bits per heavy atom. The van der Waals surface area contributed by atoms with E-state index >= 15 is 0 Å². The number of allylic oxidation sites excluding steroid dienone is 3. The van der Waals surface area contributed by atoms with Gasteiger partial charge in [0.05, 0.1) is 3.57 Å². The first-order valence-electron chi connectivity index (χ1n) is 4.82. The first kappa shape index (κ1) is 12.4. The molecule has 7 heteroatoms. The molecule has 1 aromatic rings. The molecule has 0 bridgehead atoms. The van der Waals surface area contributed by atoms with Crippen molar-refractivity contribution in [1.82, 2.24) is 9.97 Å². The molecule has 0 saturated carbocycles. The van der Waals surface area contributed by atoms with Crippen LogP contribution in [-0.2, 0) is 0 Å². The van der Waals surface area contributed by atoms with Crippen LogP contribution in [0, 0.1) is 3.57 Å². The molecule has 1 aliphatic heterocycles. The van der Waals surface area contributed by atoms with Crippen molar-refractivity contribution in [2.75, 3.05) is 6.54 Å². The Labute approximate surface area is 110 Å². The maximum absolute atomic E-state index is 12.3. The van der Waals surface area contributed by atoms with Crippen LogP contribution < -0.4 is 10.1 Å². The molecule has 0 aliphatic carbocycles. The molecular formula is C10H9F2IN3O+. The van der Waals surface area contributed by atoms with E-state index in [4.69, 9.17) is 4.74 Å². The number of nitrogens with zero attached hydrogens (tertiary/aromatic N) is 2. The van der Waals surface area contributed by atoms with E-state index in [9.17, 15) is 8.78 Å². The topological polar surface area (TPSA) is 51.6 Å². The summed E-state index contributed by atoms with van der Waals surface area (Å²) >= 11 is 2.05. The maximum Gasteiger partial charge on any atom is 0.310 e. The zero-order valence-electron chi connectivity index (χ0n) is 8.61. The predicted octanol–water partition coefficient (Wildman–Crippen LogP) is 1.07. The van der Waals surface area contributed by atoms with Gasteiger partial charge in [0, 0.05) is 12.3 Å². The van der Waals surface area contributed by atoms with Crippen molar-refractivity contribution in [3.8, 4) is 5.88 Å². The second-order valence-electron chi connectivity index (χ2n) is 3.29. The van der Waals surface area contributed by atoms with Crippen molar-refractivity contribution in [3.63, 3.8) is 0 Å². The molecule has 0 unspecified atom stereocenters. The van der Waals surface area contributed by atoms with E-state index in [0.717, 1.165) is 3.57 Å². The smallest absolute Gasteiger partial charge is 0.310 e. The number of aromatic nitrogens is 2. The first-order valence-corrected chi connectivity index (χ1v) is 5.90. The number of alkyl halides is 2. The molecule has 0 radical (unpaired) electrons. The molecule has 1 aliphatic rings. The number of halogens is 3. The molecule has 0 amide bonds. The summed E-state index contributed by atoms with van der Waals surface area (Å²) in [6, 6.07) is 0. The lowest BCUT2D eigenvalue weighted by molar-refractivity contribution is -0.610. The highest BCUT2D eigenvalue weighted by Gasteiger charge is 2.20. The number of nitrogens with two attached hydrogens (primary N) is 1. The fourth-order valence-corrected chi connectivity index (χ4v) is 1.69. The largest absolute Gasteiger partial charge is 0.436 e. The number of quaternary nitrogens is 1. The van der Waals surface area contributed by atoms with Crippen LogP contribution in [0.5, 0.6) is 5.88 Å². The summed E-state index contributed by atoms with van der Waals surface area (Å²) in [6.07, 6.45) is 3.46. The average Bonchev–Trinajstić information content (AvgIpc) is 2.33. The third-order valence-corrected chi connectivity index (χ3v) is 2.85. The zero-order chi connectivity index (χ0) is 12.3. The lowest BCUT2D eigenvalue weighted by atomic mass is 10.3. The highest BCUT2D eigenvalue weighted by atomic mass is 127. The molecule has 0 spiro atoms. The number of hydrogen-bond donors (Lipinski definition) is 1. The Kier molecular flexibility index (Phi) is 4.00. The molecule has 0 fully saturated rings. The standard InChI is InChI=1S/C10H8F2IN3O/c11-9(12)8-2-1-6(3-15-8)17-10-7(13)4-14-5-16-10/h1-2,4-5,9,15H,3H2/p+1. The van der Waals surface area contributed by atoms with Crippen LogP contribution in [0.3, 0.4) is 0 Å². The summed E-state index contributed by atoms with van der Waals surface area (Å²) < 4.78 is 31.0. The van der Waals surface area contributed by atoms with Gasteiger partial charge in [-0.3, -0.25) is 0 Å². The summed E-state index contributed by atoms with van der Waals surface area (Å²) in [4.78, 5) is 7.80. The quantitative estimate of drug-likeness (QED) is 0.829. The van der Waals surface area contributed by atoms with Gasteiger partial charge in [-0.1, -0.05) is 0 Å². The Morgan fingerprint density at radius 1 is 1.41 bits per heavy atom. The molecule has 17 heavy (non-hydrogen) atoms. The van der Waals surface area contributed by atoms with E-state index in [1.807, 2.05) is 22.6 Å². The molecule has 2 N–H and O–H groups in total. The van der Waals surface area contributed by atoms with Crippen LogP contribution in [0.1, 0.15) is 0 Å². The first-order chi connectivity index (χ1) is 8.16. The van der Waals surface area contributed by atoms with Gasteiger partial charge in [0.15, 0.2) is 11.5 Å². The molecule has 1 aromatic heterocycles. The van der Waals surface area contributed by atoms with E-state index in [2.05, 4.69) is 9.97 Å². The lowest BCUT2D eigenvalue weighted by Gasteiger charge is -2.13. The maximum atomic E-state index is 12.3. The third kappa shape index (κ3) is 3.19. The summed E-state index contributed by atoms with van der Waals surface area (Å²) in [6.45, 7) is 0.344. The van der Waals surface area contributed by atoms with Gasteiger partial charge in [0.2, 0.25) is 5.88 Å². The molecule has 0 saturated heterocycles. The average molecular weight is 352 g/mol. The van der Waals surface area contributed by atoms with Crippen molar-refractivity contribution in [1.29, 1.82) is 0 Å². The molecule has 90 valence electrons. The fourth-order valence-electron chi connectivity index (χ4n) is 1.28. The second kappa shape index (κ2) is 5.50. The van der Waals surface area contributed by atoms with Crippen molar-refractivity contribution >= 4 is 22.6 Å². The van der Waals surface area contributed by atoms with Gasteiger partial charge in [-0.15, -0.1) is 0 Å². The monoisotopic (exact) mass is 352 g/mol. The second-order valence-corrected chi connectivity index (χ2v) is 4.45. The van der Waals surface area contributed by atoms with Crippen LogP contribution >= 0.6 is 22.6 Å². The molecular weight excluding hydrogens is 343 g/mol. The summed E-state index contributed by atoms with van der Waals surface area (Å²) in [7, 11) is 0. The molecule has 0 aromatic carbocycles. The number of hydrogen-bond acceptors (Lipinski definition) is 3. The van der Waals surface area contributed by atoms with Crippen molar-refractivity contribution in [2.24, 2.45) is 0 Å². The Morgan fingerprint density at radius 3 is 2.82 bits per heavy atom. The van der Waals surface area contributed by atoms with Crippen molar-refractivity contribution < 1.29 is 18.8 Å². The zero-order valence-corrected chi connectivity index (χ0v) is 10.8. The Hall–Kier alpha value is -1.09. The van der Waals surface area contributed by atoms with Crippen LogP contribution in [0.2, 0.25) is 0 Å². The van der Waals surface area contributed by atoms with E-state index in [1.165, 1.54) is 17.7 Å². The minimum absolute atomic E-state index is 0.0229. The SMILES string of the molecule is FC(F)C1=CC=C(Oc2ncncc2I)C[NH2+]1. The number of ether oxygens (including phenoxy) is 1. The van der Waals surface area contributed by atoms with E-state index < -0.39 is 6.43 Å². The van der Waals surface area contributed by atoms with Gasteiger partial charge in [-0.25, -0.2) is 9.97 Å². The van der Waals surface area contributed by atoms with Gasteiger partial charge in [-0.05, 0) is 28.7 Å². The van der Waals surface area contributed by atoms with Crippen LogP contribution in [0.15, 0.2) is 36.1 Å². The van der Waals surface area contributed by atoms with Crippen molar-refractivity contribution in [3.05, 3.63) is 39.7 Å². The van der Waals surface area contributed by atoms with Gasteiger partial charge in [0.25, 0.3) is 0 Å². The van der Waals surface area contributed by atoms with Gasteiger partial charge in [-0.2, -0.15) is 8.78 Å². The summed E-state index contributed by atoms with van der Waals surface area (Å²) in [5.41, 5.74) is 0.0229.